The van der Waals surface area contributed by atoms with Gasteiger partial charge in [0.25, 0.3) is 0 Å². The molecule has 73 valence electrons. The van der Waals surface area contributed by atoms with Gasteiger partial charge in [-0.2, -0.15) is 0 Å². The summed E-state index contributed by atoms with van der Waals surface area (Å²) in [7, 11) is 0. The lowest BCUT2D eigenvalue weighted by molar-refractivity contribution is 0.101. The average molecular weight is 196 g/mol. The van der Waals surface area contributed by atoms with Crippen molar-refractivity contribution in [3.63, 3.8) is 0 Å². The summed E-state index contributed by atoms with van der Waals surface area (Å²) in [5, 5.41) is 0. The van der Waals surface area contributed by atoms with Crippen LogP contribution in [0.5, 0.6) is 0 Å². The second-order valence-electron chi connectivity index (χ2n) is 3.23. The first-order chi connectivity index (χ1) is 7.29. The minimum atomic E-state index is -0.0364. The fourth-order valence-corrected chi connectivity index (χ4v) is 1.46. The quantitative estimate of drug-likeness (QED) is 0.691. The Labute approximate surface area is 88.6 Å². The third-order valence-corrected chi connectivity index (χ3v) is 2.14. The molecule has 2 heteroatoms. The van der Waals surface area contributed by atoms with Crippen LogP contribution < -0.4 is 0 Å². The van der Waals surface area contributed by atoms with Gasteiger partial charge in [0.2, 0.25) is 0 Å². The van der Waals surface area contributed by atoms with Gasteiger partial charge < -0.3 is 0 Å². The van der Waals surface area contributed by atoms with Gasteiger partial charge in [0.1, 0.15) is 5.69 Å². The smallest absolute Gasteiger partial charge is 0.178 e. The van der Waals surface area contributed by atoms with Crippen molar-refractivity contribution in [2.75, 3.05) is 0 Å². The molecule has 2 rings (SSSR count). The molecule has 0 atom stereocenters. The van der Waals surface area contributed by atoms with Crippen molar-refractivity contribution in [1.29, 1.82) is 0 Å². The van der Waals surface area contributed by atoms with Crippen LogP contribution in [0.4, 0.5) is 0 Å². The summed E-state index contributed by atoms with van der Waals surface area (Å²) in [5.41, 5.74) is 2.21. The van der Waals surface area contributed by atoms with Gasteiger partial charge in [-0.05, 0) is 17.7 Å². The minimum absolute atomic E-state index is 0.0364. The molecule has 0 saturated heterocycles. The zero-order valence-corrected chi connectivity index (χ0v) is 8.40. The molecule has 0 aliphatic rings. The largest absolute Gasteiger partial charge is 0.293 e. The van der Waals surface area contributed by atoms with Crippen LogP contribution >= 0.6 is 0 Å². The standard InChI is InChI=1S/C13H10NO/c1-10(15)13-12(8-5-9-14-13)11-6-3-2-4-7-11/h2-7,9H,1H3. The number of carbonyl (C=O) groups excluding carboxylic acids is 1. The lowest BCUT2D eigenvalue weighted by Crippen LogP contribution is -1.99. The fourth-order valence-electron chi connectivity index (χ4n) is 1.46. The number of aromatic nitrogens is 1. The van der Waals surface area contributed by atoms with Gasteiger partial charge in [-0.1, -0.05) is 30.3 Å². The van der Waals surface area contributed by atoms with Crippen LogP contribution in [0.2, 0.25) is 0 Å². The number of pyridine rings is 1. The van der Waals surface area contributed by atoms with E-state index in [0.717, 1.165) is 11.1 Å². The lowest BCUT2D eigenvalue weighted by Gasteiger charge is -2.04. The second-order valence-corrected chi connectivity index (χ2v) is 3.23. The van der Waals surface area contributed by atoms with E-state index in [9.17, 15) is 4.79 Å². The summed E-state index contributed by atoms with van der Waals surface area (Å²) in [5.74, 6) is -0.0364. The normalized spacial score (nSPS) is 9.93. The number of ketones is 1. The summed E-state index contributed by atoms with van der Waals surface area (Å²) < 4.78 is 0. The average Bonchev–Trinajstić information content (AvgIpc) is 2.30. The van der Waals surface area contributed by atoms with Crippen molar-refractivity contribution in [2.45, 2.75) is 6.92 Å². The van der Waals surface area contributed by atoms with E-state index in [1.807, 2.05) is 30.3 Å². The van der Waals surface area contributed by atoms with E-state index in [1.165, 1.54) is 6.92 Å². The van der Waals surface area contributed by atoms with Crippen molar-refractivity contribution in [3.05, 3.63) is 54.4 Å². The van der Waals surface area contributed by atoms with Crippen LogP contribution in [-0.2, 0) is 0 Å². The number of Topliss-reactive ketones (excluding diaryl/α,β-unsaturated/α-hetero) is 1. The number of hydrogen-bond acceptors (Lipinski definition) is 2. The van der Waals surface area contributed by atoms with Crippen LogP contribution in [0.25, 0.3) is 11.1 Å². The van der Waals surface area contributed by atoms with Crippen molar-refractivity contribution < 1.29 is 4.79 Å². The molecule has 1 radical (unpaired) electrons. The van der Waals surface area contributed by atoms with Gasteiger partial charge in [0.05, 0.1) is 0 Å². The monoisotopic (exact) mass is 196 g/mol. The minimum Gasteiger partial charge on any atom is -0.293 e. The first-order valence-corrected chi connectivity index (χ1v) is 4.72. The van der Waals surface area contributed by atoms with Crippen LogP contribution in [0.1, 0.15) is 17.4 Å². The number of benzene rings is 1. The maximum Gasteiger partial charge on any atom is 0.178 e. The van der Waals surface area contributed by atoms with Crippen LogP contribution in [0.15, 0.2) is 42.6 Å². The number of hydrogen-bond donors (Lipinski definition) is 0. The molecule has 0 unspecified atom stereocenters. The first-order valence-electron chi connectivity index (χ1n) is 4.72. The predicted molar refractivity (Wildman–Crippen MR) is 58.5 cm³/mol. The van der Waals surface area contributed by atoms with E-state index in [2.05, 4.69) is 11.1 Å². The molecule has 0 aliphatic carbocycles. The zero-order chi connectivity index (χ0) is 10.7. The van der Waals surface area contributed by atoms with Crippen LogP contribution in [0, 0.1) is 6.07 Å². The van der Waals surface area contributed by atoms with E-state index < -0.39 is 0 Å². The molecule has 0 spiro atoms. The van der Waals surface area contributed by atoms with Gasteiger partial charge in [-0.15, -0.1) is 0 Å². The second kappa shape index (κ2) is 4.05. The summed E-state index contributed by atoms with van der Waals surface area (Å²) in [6, 6.07) is 14.5. The Morgan fingerprint density at radius 1 is 1.27 bits per heavy atom. The molecule has 1 aromatic heterocycles. The van der Waals surface area contributed by atoms with Crippen LogP contribution in [-0.4, -0.2) is 10.8 Å². The third-order valence-electron chi connectivity index (χ3n) is 2.14. The van der Waals surface area contributed by atoms with Gasteiger partial charge in [0, 0.05) is 18.7 Å². The highest BCUT2D eigenvalue weighted by Gasteiger charge is 2.09. The van der Waals surface area contributed by atoms with E-state index in [-0.39, 0.29) is 5.78 Å². The first kappa shape index (κ1) is 9.59. The molecule has 0 amide bonds. The highest BCUT2D eigenvalue weighted by molar-refractivity contribution is 5.98. The summed E-state index contributed by atoms with van der Waals surface area (Å²) in [6.07, 6.45) is 1.59. The summed E-state index contributed by atoms with van der Waals surface area (Å²) >= 11 is 0. The third kappa shape index (κ3) is 1.94. The number of rotatable bonds is 2. The van der Waals surface area contributed by atoms with E-state index in [1.54, 1.807) is 12.3 Å². The topological polar surface area (TPSA) is 30.0 Å². The van der Waals surface area contributed by atoms with Crippen molar-refractivity contribution in [3.8, 4) is 11.1 Å². The van der Waals surface area contributed by atoms with Gasteiger partial charge >= 0.3 is 0 Å². The molecule has 0 N–H and O–H groups in total. The maximum absolute atomic E-state index is 11.4. The van der Waals surface area contributed by atoms with E-state index >= 15 is 0 Å². The van der Waals surface area contributed by atoms with Crippen molar-refractivity contribution in [1.82, 2.24) is 4.98 Å². The van der Waals surface area contributed by atoms with Crippen molar-refractivity contribution >= 4 is 5.78 Å². The van der Waals surface area contributed by atoms with E-state index in [0.29, 0.717) is 5.69 Å². The maximum atomic E-state index is 11.4. The lowest BCUT2D eigenvalue weighted by atomic mass is 10.0. The Hall–Kier alpha value is -1.96. The highest BCUT2D eigenvalue weighted by Crippen LogP contribution is 2.21. The molecule has 2 nitrogen and oxygen atoms in total. The number of nitrogens with zero attached hydrogens (tertiary/aromatic N) is 1. The van der Waals surface area contributed by atoms with E-state index in [4.69, 9.17) is 0 Å². The summed E-state index contributed by atoms with van der Waals surface area (Å²) in [4.78, 5) is 15.4. The molecular formula is C13H10NO. The zero-order valence-electron chi connectivity index (χ0n) is 8.40. The summed E-state index contributed by atoms with van der Waals surface area (Å²) in [6.45, 7) is 1.52. The molecule has 1 heterocycles. The molecule has 15 heavy (non-hydrogen) atoms. The van der Waals surface area contributed by atoms with Crippen molar-refractivity contribution in [2.24, 2.45) is 0 Å². The molecule has 0 saturated carbocycles. The van der Waals surface area contributed by atoms with Gasteiger partial charge in [-0.3, -0.25) is 9.78 Å². The Kier molecular flexibility index (Phi) is 2.59. The Bertz CT molecular complexity index is 477. The van der Waals surface area contributed by atoms with Crippen LogP contribution in [0.3, 0.4) is 0 Å². The SMILES string of the molecule is CC(=O)c1ncc[c]c1-c1ccccc1. The van der Waals surface area contributed by atoms with Gasteiger partial charge in [-0.25, -0.2) is 0 Å². The molecule has 0 fully saturated rings. The van der Waals surface area contributed by atoms with Gasteiger partial charge in [0.15, 0.2) is 5.78 Å². The molecule has 0 aliphatic heterocycles. The predicted octanol–water partition coefficient (Wildman–Crippen LogP) is 2.75. The highest BCUT2D eigenvalue weighted by atomic mass is 16.1. The molecular weight excluding hydrogens is 186 g/mol. The molecule has 0 bridgehead atoms. The molecule has 2 aromatic rings. The number of carbonyl (C=O) groups is 1. The Balaban J connectivity index is 2.58. The Morgan fingerprint density at radius 2 is 2.00 bits per heavy atom. The molecule has 1 aromatic carbocycles. The fraction of sp³-hybridized carbons (Fsp3) is 0.0769. The Morgan fingerprint density at radius 3 is 2.67 bits per heavy atom.